The summed E-state index contributed by atoms with van der Waals surface area (Å²) in [5.41, 5.74) is 0. The fourth-order valence-electron chi connectivity index (χ4n) is 2.99. The Balaban J connectivity index is 2.01. The predicted octanol–water partition coefficient (Wildman–Crippen LogP) is 2.78. The molecule has 2 unspecified atom stereocenters. The van der Waals surface area contributed by atoms with E-state index in [1.165, 1.54) is 6.42 Å². The highest BCUT2D eigenvalue weighted by molar-refractivity contribution is 5.21. The summed E-state index contributed by atoms with van der Waals surface area (Å²) < 4.78 is 11.9. The molecule has 21 heavy (non-hydrogen) atoms. The molecule has 3 atom stereocenters. The third kappa shape index (κ3) is 4.67. The lowest BCUT2D eigenvalue weighted by atomic mass is 9.93. The van der Waals surface area contributed by atoms with E-state index in [9.17, 15) is 0 Å². The third-order valence-corrected chi connectivity index (χ3v) is 4.10. The van der Waals surface area contributed by atoms with Crippen LogP contribution in [0.4, 0.5) is 0 Å². The van der Waals surface area contributed by atoms with E-state index in [4.69, 9.17) is 9.47 Å². The van der Waals surface area contributed by atoms with Crippen molar-refractivity contribution in [2.75, 3.05) is 19.7 Å². The number of rotatable bonds is 7. The van der Waals surface area contributed by atoms with Gasteiger partial charge in [-0.15, -0.1) is 0 Å². The second-order valence-electron chi connectivity index (χ2n) is 6.44. The van der Waals surface area contributed by atoms with E-state index in [1.807, 2.05) is 13.0 Å². The maximum atomic E-state index is 6.38. The van der Waals surface area contributed by atoms with E-state index in [0.717, 1.165) is 31.2 Å². The largest absolute Gasteiger partial charge is 0.492 e. The van der Waals surface area contributed by atoms with Gasteiger partial charge < -0.3 is 20.1 Å². The van der Waals surface area contributed by atoms with Crippen molar-refractivity contribution in [2.24, 2.45) is 11.8 Å². The van der Waals surface area contributed by atoms with E-state index < -0.39 is 0 Å². The van der Waals surface area contributed by atoms with Crippen LogP contribution < -0.4 is 10.6 Å². The van der Waals surface area contributed by atoms with Crippen molar-refractivity contribution in [2.45, 2.75) is 52.7 Å². The summed E-state index contributed by atoms with van der Waals surface area (Å²) in [7, 11) is 0. The Morgan fingerprint density at radius 3 is 2.71 bits per heavy atom. The van der Waals surface area contributed by atoms with Crippen LogP contribution in [-0.4, -0.2) is 31.8 Å². The van der Waals surface area contributed by atoms with E-state index >= 15 is 0 Å². The quantitative estimate of drug-likeness (QED) is 0.758. The molecule has 0 spiro atoms. The third-order valence-electron chi connectivity index (χ3n) is 4.10. The molecule has 0 aromatic heterocycles. The Morgan fingerprint density at radius 1 is 1.33 bits per heavy atom. The zero-order valence-electron chi connectivity index (χ0n) is 13.8. The first-order valence-electron chi connectivity index (χ1n) is 8.28. The van der Waals surface area contributed by atoms with Gasteiger partial charge in [0, 0.05) is 18.5 Å². The number of hydrogen-bond acceptors (Lipinski definition) is 4. The minimum absolute atomic E-state index is 0.167. The summed E-state index contributed by atoms with van der Waals surface area (Å²) >= 11 is 0. The molecule has 120 valence electrons. The molecule has 0 aromatic rings. The molecule has 0 aromatic carbocycles. The first-order chi connectivity index (χ1) is 10.1. The molecule has 1 fully saturated rings. The van der Waals surface area contributed by atoms with E-state index in [-0.39, 0.29) is 6.04 Å². The molecular weight excluding hydrogens is 264 g/mol. The molecule has 0 saturated carbocycles. The molecule has 0 aliphatic carbocycles. The summed E-state index contributed by atoms with van der Waals surface area (Å²) in [6.07, 6.45) is 6.66. The normalized spacial score (nSPS) is 26.9. The van der Waals surface area contributed by atoms with Crippen molar-refractivity contribution >= 4 is 0 Å². The highest BCUT2D eigenvalue weighted by Gasteiger charge is 2.29. The fraction of sp³-hybridized carbons (Fsp3) is 0.765. The van der Waals surface area contributed by atoms with Crippen LogP contribution >= 0.6 is 0 Å². The molecule has 2 heterocycles. The van der Waals surface area contributed by atoms with Crippen LogP contribution in [0.2, 0.25) is 0 Å². The Bertz CT molecular complexity index is 384. The zero-order valence-corrected chi connectivity index (χ0v) is 13.8. The highest BCUT2D eigenvalue weighted by Crippen LogP contribution is 2.26. The maximum absolute atomic E-state index is 6.38. The van der Waals surface area contributed by atoms with Gasteiger partial charge in [0.15, 0.2) is 5.88 Å². The second-order valence-corrected chi connectivity index (χ2v) is 6.44. The lowest BCUT2D eigenvalue weighted by Gasteiger charge is -2.31. The number of dihydropyridines is 1. The molecule has 2 N–H and O–H groups in total. The molecule has 2 rings (SSSR count). The van der Waals surface area contributed by atoms with Crippen LogP contribution in [0.3, 0.4) is 0 Å². The molecule has 4 nitrogen and oxygen atoms in total. The molecule has 2 aliphatic rings. The average Bonchev–Trinajstić information content (AvgIpc) is 2.94. The summed E-state index contributed by atoms with van der Waals surface area (Å²) in [5, 5.41) is 6.80. The van der Waals surface area contributed by atoms with Gasteiger partial charge in [0.25, 0.3) is 0 Å². The van der Waals surface area contributed by atoms with Gasteiger partial charge in [-0.1, -0.05) is 13.8 Å². The first-order valence-corrected chi connectivity index (χ1v) is 8.28. The Hall–Kier alpha value is -1.16. The molecule has 2 aliphatic heterocycles. The maximum Gasteiger partial charge on any atom is 0.187 e. The van der Waals surface area contributed by atoms with Crippen LogP contribution in [0, 0.1) is 11.8 Å². The SMILES string of the molecule is CCOC1=CC=C(OC(CC(C)C)[C@H]2CCNC2)C(C)N1. The van der Waals surface area contributed by atoms with Crippen molar-refractivity contribution in [3.63, 3.8) is 0 Å². The Morgan fingerprint density at radius 2 is 2.14 bits per heavy atom. The summed E-state index contributed by atoms with van der Waals surface area (Å²) in [5.74, 6) is 3.13. The number of allylic oxidation sites excluding steroid dienone is 2. The van der Waals surface area contributed by atoms with Crippen molar-refractivity contribution in [3.05, 3.63) is 23.8 Å². The van der Waals surface area contributed by atoms with Crippen LogP contribution in [0.1, 0.15) is 40.5 Å². The van der Waals surface area contributed by atoms with Crippen molar-refractivity contribution in [1.82, 2.24) is 10.6 Å². The van der Waals surface area contributed by atoms with Gasteiger partial charge in [0.1, 0.15) is 11.9 Å². The standard InChI is InChI=1S/C17H30N2O2/c1-5-20-17-7-6-15(13(4)19-17)21-16(10-12(2)3)14-8-9-18-11-14/h6-7,12-14,16,18-19H,5,8-11H2,1-4H3/t13?,14-,16?/m0/s1. The monoisotopic (exact) mass is 294 g/mol. The Labute approximate surface area is 129 Å². The molecule has 0 amide bonds. The smallest absolute Gasteiger partial charge is 0.187 e. The fourth-order valence-corrected chi connectivity index (χ4v) is 2.99. The predicted molar refractivity (Wildman–Crippen MR) is 85.7 cm³/mol. The van der Waals surface area contributed by atoms with E-state index in [0.29, 0.717) is 24.5 Å². The van der Waals surface area contributed by atoms with Crippen LogP contribution in [0.5, 0.6) is 0 Å². The van der Waals surface area contributed by atoms with Gasteiger partial charge in [-0.2, -0.15) is 0 Å². The van der Waals surface area contributed by atoms with Crippen LogP contribution in [0.25, 0.3) is 0 Å². The van der Waals surface area contributed by atoms with Gasteiger partial charge in [-0.3, -0.25) is 0 Å². The number of hydrogen-bond donors (Lipinski definition) is 2. The first kappa shape index (κ1) is 16.2. The summed E-state index contributed by atoms with van der Waals surface area (Å²) in [6, 6.07) is 0.167. The van der Waals surface area contributed by atoms with Gasteiger partial charge in [-0.25, -0.2) is 0 Å². The summed E-state index contributed by atoms with van der Waals surface area (Å²) in [4.78, 5) is 0. The zero-order chi connectivity index (χ0) is 15.2. The summed E-state index contributed by atoms with van der Waals surface area (Å²) in [6.45, 7) is 11.5. The second kappa shape index (κ2) is 7.74. The van der Waals surface area contributed by atoms with Crippen molar-refractivity contribution < 1.29 is 9.47 Å². The van der Waals surface area contributed by atoms with E-state index in [2.05, 4.69) is 37.5 Å². The molecule has 4 heteroatoms. The number of nitrogens with one attached hydrogen (secondary N) is 2. The lowest BCUT2D eigenvalue weighted by molar-refractivity contribution is 0.0407. The number of ether oxygens (including phenoxy) is 2. The Kier molecular flexibility index (Phi) is 5.97. The van der Waals surface area contributed by atoms with E-state index in [1.54, 1.807) is 0 Å². The highest BCUT2D eigenvalue weighted by atomic mass is 16.5. The van der Waals surface area contributed by atoms with Gasteiger partial charge in [0.2, 0.25) is 0 Å². The molecule has 0 bridgehead atoms. The van der Waals surface area contributed by atoms with Gasteiger partial charge in [-0.05, 0) is 45.2 Å². The lowest BCUT2D eigenvalue weighted by Crippen LogP contribution is -2.36. The minimum Gasteiger partial charge on any atom is -0.492 e. The molecular formula is C17H30N2O2. The molecule has 1 saturated heterocycles. The average molecular weight is 294 g/mol. The van der Waals surface area contributed by atoms with Crippen molar-refractivity contribution in [1.29, 1.82) is 0 Å². The van der Waals surface area contributed by atoms with Crippen LogP contribution in [-0.2, 0) is 9.47 Å². The van der Waals surface area contributed by atoms with Crippen molar-refractivity contribution in [3.8, 4) is 0 Å². The topological polar surface area (TPSA) is 42.5 Å². The van der Waals surface area contributed by atoms with Gasteiger partial charge >= 0.3 is 0 Å². The van der Waals surface area contributed by atoms with Crippen LogP contribution in [0.15, 0.2) is 23.8 Å². The minimum atomic E-state index is 0.167. The van der Waals surface area contributed by atoms with Gasteiger partial charge in [0.05, 0.1) is 12.6 Å². The molecule has 0 radical (unpaired) electrons.